The Balaban J connectivity index is 1.99. The Kier molecular flexibility index (Phi) is 3.64. The second-order valence-corrected chi connectivity index (χ2v) is 4.62. The summed E-state index contributed by atoms with van der Waals surface area (Å²) < 4.78 is 5.15. The molecule has 0 atom stereocenters. The molecule has 0 aliphatic rings. The summed E-state index contributed by atoms with van der Waals surface area (Å²) in [7, 11) is 0. The molecule has 1 aromatic heterocycles. The number of benzene rings is 1. The van der Waals surface area contributed by atoms with Crippen LogP contribution in [0.5, 0.6) is 0 Å². The zero-order chi connectivity index (χ0) is 11.4. The summed E-state index contributed by atoms with van der Waals surface area (Å²) in [5.74, 6) is 1.70. The van der Waals surface area contributed by atoms with Gasteiger partial charge in [-0.15, -0.1) is 11.8 Å². The van der Waals surface area contributed by atoms with Gasteiger partial charge in [0.15, 0.2) is 0 Å². The van der Waals surface area contributed by atoms with Crippen LogP contribution < -0.4 is 5.73 Å². The van der Waals surface area contributed by atoms with Crippen molar-refractivity contribution in [1.82, 2.24) is 5.16 Å². The number of thioether (sulfide) groups is 1. The first-order valence-electron chi connectivity index (χ1n) is 5.12. The summed E-state index contributed by atoms with van der Waals surface area (Å²) in [6.45, 7) is 2.50. The Hall–Kier alpha value is -1.26. The minimum Gasteiger partial charge on any atom is -0.360 e. The molecule has 0 aliphatic carbocycles. The maximum absolute atomic E-state index is 5.59. The van der Waals surface area contributed by atoms with Gasteiger partial charge in [0.25, 0.3) is 0 Å². The van der Waals surface area contributed by atoms with Crippen LogP contribution in [0.2, 0.25) is 0 Å². The van der Waals surface area contributed by atoms with E-state index in [0.717, 1.165) is 22.8 Å². The number of hydrogen-bond acceptors (Lipinski definition) is 4. The van der Waals surface area contributed by atoms with Crippen LogP contribution in [0.1, 0.15) is 17.0 Å². The van der Waals surface area contributed by atoms with Crippen LogP contribution in [0.15, 0.2) is 39.8 Å². The number of nitrogens with zero attached hydrogens (tertiary/aromatic N) is 1. The van der Waals surface area contributed by atoms with E-state index in [2.05, 4.69) is 17.3 Å². The fourth-order valence-electron chi connectivity index (χ4n) is 1.40. The number of hydrogen-bond donors (Lipinski definition) is 1. The van der Waals surface area contributed by atoms with Crippen LogP contribution in [0.25, 0.3) is 0 Å². The van der Waals surface area contributed by atoms with Crippen LogP contribution in [-0.4, -0.2) is 5.16 Å². The highest BCUT2D eigenvalue weighted by Gasteiger charge is 2.02. The van der Waals surface area contributed by atoms with Crippen molar-refractivity contribution in [2.45, 2.75) is 24.1 Å². The van der Waals surface area contributed by atoms with E-state index in [1.165, 1.54) is 4.90 Å². The molecule has 0 spiro atoms. The van der Waals surface area contributed by atoms with Crippen molar-refractivity contribution in [3.8, 4) is 0 Å². The Morgan fingerprint density at radius 3 is 2.94 bits per heavy atom. The number of nitrogens with two attached hydrogens (primary N) is 1. The largest absolute Gasteiger partial charge is 0.360 e. The van der Waals surface area contributed by atoms with Gasteiger partial charge >= 0.3 is 0 Å². The molecule has 0 bridgehead atoms. The van der Waals surface area contributed by atoms with Gasteiger partial charge < -0.3 is 10.3 Å². The molecule has 1 heterocycles. The van der Waals surface area contributed by atoms with Crippen molar-refractivity contribution in [3.05, 3.63) is 47.3 Å². The average molecular weight is 234 g/mol. The molecular weight excluding hydrogens is 220 g/mol. The molecule has 0 unspecified atom stereocenters. The SMILES string of the molecule is Cc1cc(CSc2cccc(CN)c2)on1. The molecule has 0 aliphatic heterocycles. The van der Waals surface area contributed by atoms with E-state index in [9.17, 15) is 0 Å². The van der Waals surface area contributed by atoms with E-state index in [-0.39, 0.29) is 0 Å². The first kappa shape index (κ1) is 11.2. The minimum absolute atomic E-state index is 0.579. The zero-order valence-electron chi connectivity index (χ0n) is 9.14. The van der Waals surface area contributed by atoms with Crippen LogP contribution in [0, 0.1) is 6.92 Å². The smallest absolute Gasteiger partial charge is 0.147 e. The second-order valence-electron chi connectivity index (χ2n) is 3.57. The van der Waals surface area contributed by atoms with Gasteiger partial charge in [-0.25, -0.2) is 0 Å². The second kappa shape index (κ2) is 5.18. The molecule has 1 aromatic carbocycles. The first-order chi connectivity index (χ1) is 7.78. The van der Waals surface area contributed by atoms with Crippen molar-refractivity contribution in [2.75, 3.05) is 0 Å². The van der Waals surface area contributed by atoms with Gasteiger partial charge in [-0.2, -0.15) is 0 Å². The van der Waals surface area contributed by atoms with Gasteiger partial charge in [0.2, 0.25) is 0 Å². The van der Waals surface area contributed by atoms with Crippen molar-refractivity contribution in [1.29, 1.82) is 0 Å². The third-order valence-corrected chi connectivity index (χ3v) is 3.21. The van der Waals surface area contributed by atoms with Gasteiger partial charge in [0.1, 0.15) is 5.76 Å². The molecule has 4 heteroatoms. The normalized spacial score (nSPS) is 10.6. The van der Waals surface area contributed by atoms with Crippen molar-refractivity contribution >= 4 is 11.8 Å². The fraction of sp³-hybridized carbons (Fsp3) is 0.250. The lowest BCUT2D eigenvalue weighted by atomic mass is 10.2. The molecule has 2 aromatic rings. The number of rotatable bonds is 4. The summed E-state index contributed by atoms with van der Waals surface area (Å²) in [4.78, 5) is 1.21. The Morgan fingerprint density at radius 2 is 2.25 bits per heavy atom. The molecule has 0 fully saturated rings. The lowest BCUT2D eigenvalue weighted by Crippen LogP contribution is -1.95. The van der Waals surface area contributed by atoms with Crippen LogP contribution in [0.3, 0.4) is 0 Å². The highest BCUT2D eigenvalue weighted by molar-refractivity contribution is 7.98. The molecule has 2 N–H and O–H groups in total. The van der Waals surface area contributed by atoms with Gasteiger partial charge in [-0.3, -0.25) is 0 Å². The average Bonchev–Trinajstić information content (AvgIpc) is 2.73. The highest BCUT2D eigenvalue weighted by atomic mass is 32.2. The number of aromatic nitrogens is 1. The Labute approximate surface area is 99.0 Å². The monoisotopic (exact) mass is 234 g/mol. The molecule has 0 amide bonds. The first-order valence-corrected chi connectivity index (χ1v) is 6.10. The van der Waals surface area contributed by atoms with E-state index >= 15 is 0 Å². The Morgan fingerprint density at radius 1 is 1.38 bits per heavy atom. The fourth-order valence-corrected chi connectivity index (χ4v) is 2.26. The van der Waals surface area contributed by atoms with Gasteiger partial charge in [-0.1, -0.05) is 17.3 Å². The predicted molar refractivity (Wildman–Crippen MR) is 65.1 cm³/mol. The summed E-state index contributed by atoms with van der Waals surface area (Å²) >= 11 is 1.73. The maximum Gasteiger partial charge on any atom is 0.147 e. The lowest BCUT2D eigenvalue weighted by Gasteiger charge is -2.01. The Bertz CT molecular complexity index is 468. The molecule has 16 heavy (non-hydrogen) atoms. The van der Waals surface area contributed by atoms with Crippen LogP contribution in [-0.2, 0) is 12.3 Å². The summed E-state index contributed by atoms with van der Waals surface area (Å²) in [5, 5.41) is 3.85. The molecule has 84 valence electrons. The zero-order valence-corrected chi connectivity index (χ0v) is 9.96. The summed E-state index contributed by atoms with van der Waals surface area (Å²) in [6.07, 6.45) is 0. The van der Waals surface area contributed by atoms with Gasteiger partial charge in [0, 0.05) is 17.5 Å². The van der Waals surface area contributed by atoms with Crippen LogP contribution in [0.4, 0.5) is 0 Å². The van der Waals surface area contributed by atoms with E-state index in [1.54, 1.807) is 11.8 Å². The van der Waals surface area contributed by atoms with Crippen molar-refractivity contribution in [2.24, 2.45) is 5.73 Å². The van der Waals surface area contributed by atoms with Gasteiger partial charge in [-0.05, 0) is 24.6 Å². The molecule has 3 nitrogen and oxygen atoms in total. The molecular formula is C12H14N2OS. The molecule has 0 saturated heterocycles. The molecule has 0 radical (unpaired) electrons. The third kappa shape index (κ3) is 2.87. The molecule has 0 saturated carbocycles. The van der Waals surface area contributed by atoms with Gasteiger partial charge in [0.05, 0.1) is 11.4 Å². The molecule has 2 rings (SSSR count). The van der Waals surface area contributed by atoms with Crippen LogP contribution >= 0.6 is 11.8 Å². The third-order valence-electron chi connectivity index (χ3n) is 2.19. The van der Waals surface area contributed by atoms with Crippen molar-refractivity contribution < 1.29 is 4.52 Å². The van der Waals surface area contributed by atoms with E-state index in [0.29, 0.717) is 6.54 Å². The van der Waals surface area contributed by atoms with E-state index < -0.39 is 0 Å². The number of aryl methyl sites for hydroxylation is 1. The highest BCUT2D eigenvalue weighted by Crippen LogP contribution is 2.23. The van der Waals surface area contributed by atoms with E-state index in [1.807, 2.05) is 25.1 Å². The summed E-state index contributed by atoms with van der Waals surface area (Å²) in [5.41, 5.74) is 7.67. The summed E-state index contributed by atoms with van der Waals surface area (Å²) in [6, 6.07) is 10.2. The topological polar surface area (TPSA) is 52.0 Å². The standard InChI is InChI=1S/C12H14N2OS/c1-9-5-11(15-14-9)8-16-12-4-2-3-10(6-12)7-13/h2-6H,7-8,13H2,1H3. The van der Waals surface area contributed by atoms with Crippen molar-refractivity contribution in [3.63, 3.8) is 0 Å². The predicted octanol–water partition coefficient (Wildman–Crippen LogP) is 2.73. The minimum atomic E-state index is 0.579. The van der Waals surface area contributed by atoms with E-state index in [4.69, 9.17) is 10.3 Å². The quantitative estimate of drug-likeness (QED) is 0.826. The maximum atomic E-state index is 5.59. The lowest BCUT2D eigenvalue weighted by molar-refractivity contribution is 0.391.